The maximum atomic E-state index is 12.8. The van der Waals surface area contributed by atoms with E-state index in [4.69, 9.17) is 14.6 Å². The topological polar surface area (TPSA) is 134 Å². The number of anilines is 1. The highest BCUT2D eigenvalue weighted by Gasteiger charge is 2.34. The number of aromatic amines is 1. The van der Waals surface area contributed by atoms with Crippen LogP contribution >= 0.6 is 0 Å². The van der Waals surface area contributed by atoms with Gasteiger partial charge in [0.05, 0.1) is 18.8 Å². The molecule has 1 aliphatic rings. The number of aromatic nitrogens is 2. The third-order valence-corrected chi connectivity index (χ3v) is 5.07. The Labute approximate surface area is 178 Å². The van der Waals surface area contributed by atoms with Crippen LogP contribution in [0.2, 0.25) is 0 Å². The van der Waals surface area contributed by atoms with Gasteiger partial charge >= 0.3 is 5.69 Å². The van der Waals surface area contributed by atoms with Crippen molar-refractivity contribution in [1.82, 2.24) is 9.55 Å². The zero-order chi connectivity index (χ0) is 22.4. The maximum Gasteiger partial charge on any atom is 0.329 e. The first kappa shape index (κ1) is 22.7. The summed E-state index contributed by atoms with van der Waals surface area (Å²) in [6.45, 7) is 2.61. The van der Waals surface area contributed by atoms with Crippen LogP contribution < -0.4 is 20.9 Å². The number of rotatable bonds is 10. The second-order valence-electron chi connectivity index (χ2n) is 7.68. The van der Waals surface area contributed by atoms with Gasteiger partial charge in [0.2, 0.25) is 5.91 Å². The molecule has 1 aromatic carbocycles. The lowest BCUT2D eigenvalue weighted by molar-refractivity contribution is -0.119. The SMILES string of the molecule is CC(O)(CCO)COCCOc1ccc(N2CCC(n3ccc(=O)[nH]c3=O)C2=O)cc1. The smallest absolute Gasteiger partial charge is 0.329 e. The molecule has 2 aromatic rings. The minimum atomic E-state index is -1.07. The quantitative estimate of drug-likeness (QED) is 0.451. The minimum Gasteiger partial charge on any atom is -0.491 e. The highest BCUT2D eigenvalue weighted by atomic mass is 16.5. The minimum absolute atomic E-state index is 0.104. The normalized spacial score (nSPS) is 18.2. The Kier molecular flexibility index (Phi) is 7.26. The number of carbonyl (C=O) groups excluding carboxylic acids is 1. The third kappa shape index (κ3) is 5.81. The number of aliphatic hydroxyl groups is 2. The van der Waals surface area contributed by atoms with E-state index >= 15 is 0 Å². The number of carbonyl (C=O) groups is 1. The van der Waals surface area contributed by atoms with Crippen LogP contribution in [-0.4, -0.2) is 64.2 Å². The van der Waals surface area contributed by atoms with E-state index in [0.717, 1.165) is 0 Å². The van der Waals surface area contributed by atoms with E-state index in [0.29, 0.717) is 24.4 Å². The van der Waals surface area contributed by atoms with Crippen molar-refractivity contribution in [2.24, 2.45) is 0 Å². The molecule has 1 saturated heterocycles. The van der Waals surface area contributed by atoms with Crippen molar-refractivity contribution in [1.29, 1.82) is 0 Å². The fourth-order valence-corrected chi connectivity index (χ4v) is 3.40. The van der Waals surface area contributed by atoms with E-state index in [1.807, 2.05) is 0 Å². The summed E-state index contributed by atoms with van der Waals surface area (Å²) in [5, 5.41) is 18.8. The number of H-pyrrole nitrogens is 1. The fraction of sp³-hybridized carbons (Fsp3) is 0.476. The molecule has 1 aliphatic heterocycles. The lowest BCUT2D eigenvalue weighted by atomic mass is 10.1. The molecule has 3 rings (SSSR count). The first-order chi connectivity index (χ1) is 14.8. The predicted octanol–water partition coefficient (Wildman–Crippen LogP) is 0.0434. The summed E-state index contributed by atoms with van der Waals surface area (Å²) in [4.78, 5) is 39.8. The zero-order valence-electron chi connectivity index (χ0n) is 17.3. The summed E-state index contributed by atoms with van der Waals surface area (Å²) < 4.78 is 12.2. The largest absolute Gasteiger partial charge is 0.491 e. The number of ether oxygens (including phenoxy) is 2. The summed E-state index contributed by atoms with van der Waals surface area (Å²) >= 11 is 0. The molecule has 1 amide bonds. The number of hydrogen-bond donors (Lipinski definition) is 3. The molecule has 2 heterocycles. The molecular formula is C21H27N3O7. The molecule has 0 aliphatic carbocycles. The van der Waals surface area contributed by atoms with Gasteiger partial charge in [0.15, 0.2) is 0 Å². The Morgan fingerprint density at radius 3 is 2.58 bits per heavy atom. The molecule has 31 heavy (non-hydrogen) atoms. The van der Waals surface area contributed by atoms with E-state index in [9.17, 15) is 19.5 Å². The van der Waals surface area contributed by atoms with Crippen LogP contribution in [0.25, 0.3) is 0 Å². The standard InChI is InChI=1S/C21H27N3O7/c1-21(29,8-11-25)14-30-12-13-31-16-4-2-15(3-5-16)23-9-6-17(19(23)27)24-10-7-18(26)22-20(24)28/h2-5,7,10,17,25,29H,6,8-9,11-14H2,1H3,(H,22,26,28). The number of aliphatic hydroxyl groups excluding tert-OH is 1. The molecule has 2 unspecified atom stereocenters. The van der Waals surface area contributed by atoms with Gasteiger partial charge in [0, 0.05) is 37.5 Å². The second kappa shape index (κ2) is 9.90. The lowest BCUT2D eigenvalue weighted by Gasteiger charge is -2.21. The van der Waals surface area contributed by atoms with Gasteiger partial charge in [-0.15, -0.1) is 0 Å². The summed E-state index contributed by atoms with van der Waals surface area (Å²) in [5.74, 6) is 0.390. The van der Waals surface area contributed by atoms with Gasteiger partial charge in [0.25, 0.3) is 5.56 Å². The Bertz CT molecular complexity index is 997. The average molecular weight is 433 g/mol. The van der Waals surface area contributed by atoms with Gasteiger partial charge in [-0.25, -0.2) is 4.79 Å². The maximum absolute atomic E-state index is 12.8. The van der Waals surface area contributed by atoms with Gasteiger partial charge in [-0.2, -0.15) is 0 Å². The second-order valence-corrected chi connectivity index (χ2v) is 7.68. The number of nitrogens with one attached hydrogen (secondary N) is 1. The highest BCUT2D eigenvalue weighted by molar-refractivity contribution is 5.98. The van der Waals surface area contributed by atoms with Crippen molar-refractivity contribution >= 4 is 11.6 Å². The molecule has 168 valence electrons. The summed E-state index contributed by atoms with van der Waals surface area (Å²) in [5.41, 5.74) is -1.48. The molecular weight excluding hydrogens is 406 g/mol. The van der Waals surface area contributed by atoms with E-state index in [-0.39, 0.29) is 38.8 Å². The number of benzene rings is 1. The van der Waals surface area contributed by atoms with Crippen molar-refractivity contribution in [3.63, 3.8) is 0 Å². The van der Waals surface area contributed by atoms with Gasteiger partial charge in [0.1, 0.15) is 18.4 Å². The molecule has 3 N–H and O–H groups in total. The Morgan fingerprint density at radius 1 is 1.16 bits per heavy atom. The van der Waals surface area contributed by atoms with Crippen LogP contribution in [-0.2, 0) is 9.53 Å². The van der Waals surface area contributed by atoms with E-state index in [2.05, 4.69) is 4.98 Å². The monoisotopic (exact) mass is 433 g/mol. The van der Waals surface area contributed by atoms with Crippen molar-refractivity contribution < 1.29 is 24.5 Å². The first-order valence-electron chi connectivity index (χ1n) is 10.1. The summed E-state index contributed by atoms with van der Waals surface area (Å²) in [6.07, 6.45) is 2.04. The van der Waals surface area contributed by atoms with E-state index in [1.54, 1.807) is 36.1 Å². The first-order valence-corrected chi connectivity index (χ1v) is 10.1. The van der Waals surface area contributed by atoms with Crippen LogP contribution in [0.1, 0.15) is 25.8 Å². The fourth-order valence-electron chi connectivity index (χ4n) is 3.40. The molecule has 0 spiro atoms. The molecule has 0 saturated carbocycles. The molecule has 0 bridgehead atoms. The van der Waals surface area contributed by atoms with Crippen LogP contribution in [0.5, 0.6) is 5.75 Å². The molecule has 10 nitrogen and oxygen atoms in total. The van der Waals surface area contributed by atoms with E-state index < -0.39 is 22.9 Å². The van der Waals surface area contributed by atoms with Crippen molar-refractivity contribution in [2.75, 3.05) is 37.9 Å². The molecule has 10 heteroatoms. The van der Waals surface area contributed by atoms with Crippen LogP contribution in [0.4, 0.5) is 5.69 Å². The number of hydrogen-bond acceptors (Lipinski definition) is 7. The Balaban J connectivity index is 1.52. The van der Waals surface area contributed by atoms with Crippen molar-refractivity contribution in [3.8, 4) is 5.75 Å². The number of amides is 1. The van der Waals surface area contributed by atoms with Gasteiger partial charge < -0.3 is 24.6 Å². The van der Waals surface area contributed by atoms with Gasteiger partial charge in [-0.1, -0.05) is 0 Å². The zero-order valence-corrected chi connectivity index (χ0v) is 17.3. The summed E-state index contributed by atoms with van der Waals surface area (Å²) in [7, 11) is 0. The molecule has 1 fully saturated rings. The van der Waals surface area contributed by atoms with Crippen molar-refractivity contribution in [3.05, 3.63) is 57.4 Å². The highest BCUT2D eigenvalue weighted by Crippen LogP contribution is 2.28. The third-order valence-electron chi connectivity index (χ3n) is 5.07. The van der Waals surface area contributed by atoms with Crippen LogP contribution in [0.3, 0.4) is 0 Å². The Hall–Kier alpha value is -2.95. The van der Waals surface area contributed by atoms with Gasteiger partial charge in [-0.05, 0) is 37.6 Å². The van der Waals surface area contributed by atoms with E-state index in [1.165, 1.54) is 16.8 Å². The molecule has 2 atom stereocenters. The van der Waals surface area contributed by atoms with Gasteiger partial charge in [-0.3, -0.25) is 19.1 Å². The van der Waals surface area contributed by atoms with Crippen LogP contribution in [0.15, 0.2) is 46.1 Å². The lowest BCUT2D eigenvalue weighted by Crippen LogP contribution is -2.35. The van der Waals surface area contributed by atoms with Crippen LogP contribution in [0, 0.1) is 0 Å². The molecule has 0 radical (unpaired) electrons. The Morgan fingerprint density at radius 2 is 1.90 bits per heavy atom. The average Bonchev–Trinajstić information content (AvgIpc) is 3.09. The molecule has 1 aromatic heterocycles. The number of nitrogens with zero attached hydrogens (tertiary/aromatic N) is 2. The predicted molar refractivity (Wildman–Crippen MR) is 112 cm³/mol. The van der Waals surface area contributed by atoms with Crippen molar-refractivity contribution in [2.45, 2.75) is 31.4 Å². The summed E-state index contributed by atoms with van der Waals surface area (Å²) in [6, 6.07) is 7.58.